The van der Waals surface area contributed by atoms with Crippen LogP contribution in [0, 0.1) is 27.7 Å². The van der Waals surface area contributed by atoms with Gasteiger partial charge in [-0.15, -0.1) is 11.8 Å². The number of rotatable bonds is 3. The monoisotopic (exact) mass is 328 g/mol. The van der Waals surface area contributed by atoms with Gasteiger partial charge in [-0.2, -0.15) is 0 Å². The second-order valence-electron chi connectivity index (χ2n) is 5.91. The maximum atomic E-state index is 12.2. The lowest BCUT2D eigenvalue weighted by Gasteiger charge is -2.18. The molecule has 2 heterocycles. The van der Waals surface area contributed by atoms with E-state index in [0.717, 1.165) is 27.5 Å². The number of benzene rings is 1. The van der Waals surface area contributed by atoms with Crippen LogP contribution < -0.4 is 10.4 Å². The second kappa shape index (κ2) is 6.28. The highest BCUT2D eigenvalue weighted by Crippen LogP contribution is 2.32. The molecular weight excluding hydrogens is 308 g/mol. The van der Waals surface area contributed by atoms with Crippen molar-refractivity contribution >= 4 is 17.3 Å². The minimum Gasteiger partial charge on any atom is -0.489 e. The average Bonchev–Trinajstić information content (AvgIpc) is 2.49. The lowest BCUT2D eigenvalue weighted by Crippen LogP contribution is -2.16. The van der Waals surface area contributed by atoms with Crippen molar-refractivity contribution in [2.45, 2.75) is 32.6 Å². The van der Waals surface area contributed by atoms with Gasteiger partial charge in [-0.25, -0.2) is 4.79 Å². The number of ether oxygens (including phenoxy) is 1. The minimum absolute atomic E-state index is 0.279. The molecule has 1 aliphatic rings. The van der Waals surface area contributed by atoms with Crippen molar-refractivity contribution in [2.24, 2.45) is 0 Å². The largest absolute Gasteiger partial charge is 0.489 e. The molecule has 0 N–H and O–H groups in total. The fraction of sp³-hybridized carbons (Fsp3) is 0.316. The Balaban J connectivity index is 1.87. The normalized spacial score (nSPS) is 13.5. The zero-order valence-corrected chi connectivity index (χ0v) is 14.7. The Kier molecular flexibility index (Phi) is 4.35. The van der Waals surface area contributed by atoms with Crippen LogP contribution in [-0.4, -0.2) is 12.4 Å². The predicted octanol–water partition coefficient (Wildman–Crippen LogP) is 4.44. The van der Waals surface area contributed by atoms with E-state index in [2.05, 4.69) is 32.1 Å². The van der Waals surface area contributed by atoms with Crippen molar-refractivity contribution in [3.8, 4) is 5.75 Å². The third-order valence-corrected chi connectivity index (χ3v) is 5.07. The molecule has 0 aliphatic carbocycles. The highest BCUT2D eigenvalue weighted by Gasteiger charge is 2.19. The van der Waals surface area contributed by atoms with Gasteiger partial charge in [-0.05, 0) is 56.5 Å². The van der Waals surface area contributed by atoms with Crippen molar-refractivity contribution in [3.05, 3.63) is 62.7 Å². The number of hydrogen-bond acceptors (Lipinski definition) is 4. The van der Waals surface area contributed by atoms with E-state index in [1.807, 2.05) is 13.0 Å². The predicted molar refractivity (Wildman–Crippen MR) is 94.6 cm³/mol. The number of aryl methyl sites for hydroxylation is 4. The molecule has 0 atom stereocenters. The first kappa shape index (κ1) is 15.9. The highest BCUT2D eigenvalue weighted by molar-refractivity contribution is 7.99. The Labute approximate surface area is 140 Å². The van der Waals surface area contributed by atoms with E-state index in [9.17, 15) is 4.79 Å². The molecule has 1 aromatic heterocycles. The number of thioether (sulfide) groups is 1. The van der Waals surface area contributed by atoms with Crippen molar-refractivity contribution < 1.29 is 9.15 Å². The Hall–Kier alpha value is -1.94. The number of hydrogen-bond donors (Lipinski definition) is 0. The summed E-state index contributed by atoms with van der Waals surface area (Å²) in [5.74, 6) is 2.36. The fourth-order valence-corrected chi connectivity index (χ4v) is 3.77. The standard InChI is InChI=1S/C19H20O3S/c1-11-7-13(3)16(8-12(11)2)21-10-15-5-6-23-17-9-14(4)22-19(20)18(15)17/h5,7-9H,6,10H2,1-4H3. The summed E-state index contributed by atoms with van der Waals surface area (Å²) in [7, 11) is 0. The van der Waals surface area contributed by atoms with E-state index in [0.29, 0.717) is 17.9 Å². The SMILES string of the molecule is Cc1cc2c(c(=O)o1)C(COc1cc(C)c(C)cc1C)=CCS2. The summed E-state index contributed by atoms with van der Waals surface area (Å²) in [6.45, 7) is 8.39. The van der Waals surface area contributed by atoms with E-state index in [4.69, 9.17) is 9.15 Å². The summed E-state index contributed by atoms with van der Waals surface area (Å²) in [6.07, 6.45) is 2.05. The summed E-state index contributed by atoms with van der Waals surface area (Å²) < 4.78 is 11.2. The first-order chi connectivity index (χ1) is 11.0. The Morgan fingerprint density at radius 3 is 2.61 bits per heavy atom. The Morgan fingerprint density at radius 2 is 1.83 bits per heavy atom. The van der Waals surface area contributed by atoms with Crippen molar-refractivity contribution in [2.75, 3.05) is 12.4 Å². The molecule has 2 aromatic rings. The van der Waals surface area contributed by atoms with E-state index in [1.165, 1.54) is 11.1 Å². The lowest BCUT2D eigenvalue weighted by molar-refractivity contribution is 0.365. The van der Waals surface area contributed by atoms with Crippen LogP contribution in [0.1, 0.15) is 28.0 Å². The molecule has 0 saturated carbocycles. The summed E-state index contributed by atoms with van der Waals surface area (Å²) in [5.41, 5.74) is 4.84. The molecule has 0 radical (unpaired) electrons. The van der Waals surface area contributed by atoms with Crippen LogP contribution >= 0.6 is 11.8 Å². The van der Waals surface area contributed by atoms with Crippen LogP contribution in [-0.2, 0) is 0 Å². The van der Waals surface area contributed by atoms with Crippen LogP contribution in [0.3, 0.4) is 0 Å². The van der Waals surface area contributed by atoms with Gasteiger partial charge in [0, 0.05) is 16.2 Å². The zero-order chi connectivity index (χ0) is 16.6. The van der Waals surface area contributed by atoms with E-state index < -0.39 is 0 Å². The van der Waals surface area contributed by atoms with Crippen molar-refractivity contribution in [1.29, 1.82) is 0 Å². The molecule has 0 amide bonds. The summed E-state index contributed by atoms with van der Waals surface area (Å²) in [6, 6.07) is 6.11. The zero-order valence-electron chi connectivity index (χ0n) is 13.9. The van der Waals surface area contributed by atoms with Crippen molar-refractivity contribution in [3.63, 3.8) is 0 Å². The van der Waals surface area contributed by atoms with Crippen LogP contribution in [0.4, 0.5) is 0 Å². The van der Waals surface area contributed by atoms with E-state index in [-0.39, 0.29) is 5.63 Å². The van der Waals surface area contributed by atoms with Gasteiger partial charge in [0.25, 0.3) is 0 Å². The third kappa shape index (κ3) is 3.22. The van der Waals surface area contributed by atoms with E-state index in [1.54, 1.807) is 18.7 Å². The molecule has 3 rings (SSSR count). The summed E-state index contributed by atoms with van der Waals surface area (Å²) in [5, 5.41) is 0. The van der Waals surface area contributed by atoms with E-state index >= 15 is 0 Å². The first-order valence-electron chi connectivity index (χ1n) is 7.63. The Bertz CT molecular complexity index is 846. The molecule has 0 bridgehead atoms. The smallest absolute Gasteiger partial charge is 0.344 e. The van der Waals surface area contributed by atoms with Gasteiger partial charge in [-0.3, -0.25) is 0 Å². The van der Waals surface area contributed by atoms with Crippen LogP contribution in [0.25, 0.3) is 5.57 Å². The van der Waals surface area contributed by atoms with Crippen LogP contribution in [0.2, 0.25) is 0 Å². The quantitative estimate of drug-likeness (QED) is 0.835. The molecule has 3 nitrogen and oxygen atoms in total. The van der Waals surface area contributed by atoms with Gasteiger partial charge >= 0.3 is 5.63 Å². The van der Waals surface area contributed by atoms with Crippen LogP contribution in [0.15, 0.2) is 38.4 Å². The fourth-order valence-electron chi connectivity index (χ4n) is 2.70. The van der Waals surface area contributed by atoms with Gasteiger partial charge in [0.2, 0.25) is 0 Å². The van der Waals surface area contributed by atoms with Gasteiger partial charge < -0.3 is 9.15 Å². The lowest BCUT2D eigenvalue weighted by atomic mass is 10.1. The number of fused-ring (bicyclic) bond motifs is 1. The average molecular weight is 328 g/mol. The van der Waals surface area contributed by atoms with Gasteiger partial charge in [0.1, 0.15) is 18.1 Å². The molecule has 0 fully saturated rings. The van der Waals surface area contributed by atoms with Gasteiger partial charge in [0.15, 0.2) is 0 Å². The van der Waals surface area contributed by atoms with Gasteiger partial charge in [-0.1, -0.05) is 12.1 Å². The molecule has 0 unspecified atom stereocenters. The topological polar surface area (TPSA) is 39.4 Å². The summed E-state index contributed by atoms with van der Waals surface area (Å²) in [4.78, 5) is 13.2. The first-order valence-corrected chi connectivity index (χ1v) is 8.62. The molecule has 120 valence electrons. The van der Waals surface area contributed by atoms with Crippen LogP contribution in [0.5, 0.6) is 5.75 Å². The molecule has 1 aromatic carbocycles. The molecule has 4 heteroatoms. The second-order valence-corrected chi connectivity index (χ2v) is 6.98. The highest BCUT2D eigenvalue weighted by atomic mass is 32.2. The Morgan fingerprint density at radius 1 is 1.09 bits per heavy atom. The molecule has 0 spiro atoms. The molecule has 1 aliphatic heterocycles. The molecular formula is C19H20O3S. The molecule has 23 heavy (non-hydrogen) atoms. The van der Waals surface area contributed by atoms with Crippen molar-refractivity contribution in [1.82, 2.24) is 0 Å². The maximum Gasteiger partial charge on any atom is 0.344 e. The summed E-state index contributed by atoms with van der Waals surface area (Å²) >= 11 is 1.66. The van der Waals surface area contributed by atoms with Gasteiger partial charge in [0.05, 0.1) is 5.56 Å². The molecule has 0 saturated heterocycles. The minimum atomic E-state index is -0.279. The maximum absolute atomic E-state index is 12.2. The third-order valence-electron chi connectivity index (χ3n) is 4.10.